The smallest absolute Gasteiger partial charge is 0.251 e. The average molecular weight is 646 g/mol. The summed E-state index contributed by atoms with van der Waals surface area (Å²) >= 11 is 1.67. The fraction of sp³-hybridized carbons (Fsp3) is 0.333. The van der Waals surface area contributed by atoms with Crippen molar-refractivity contribution in [2.45, 2.75) is 71.3 Å². The van der Waals surface area contributed by atoms with Crippen LogP contribution in [-0.4, -0.2) is 39.4 Å². The first-order chi connectivity index (χ1) is 22.9. The van der Waals surface area contributed by atoms with E-state index < -0.39 is 0 Å². The van der Waals surface area contributed by atoms with Crippen molar-refractivity contribution in [1.29, 1.82) is 0 Å². The molecule has 47 heavy (non-hydrogen) atoms. The van der Waals surface area contributed by atoms with Gasteiger partial charge in [0.05, 0.1) is 38.0 Å². The third-order valence-electron chi connectivity index (χ3n) is 9.08. The van der Waals surface area contributed by atoms with Crippen LogP contribution in [0.1, 0.15) is 77.5 Å². The van der Waals surface area contributed by atoms with Crippen molar-refractivity contribution in [2.75, 3.05) is 13.1 Å². The minimum Gasteiger partial charge on any atom is -0.354 e. The van der Waals surface area contributed by atoms with E-state index in [1.54, 1.807) is 23.5 Å². The van der Waals surface area contributed by atoms with Crippen molar-refractivity contribution in [2.24, 2.45) is 0 Å². The number of fused-ring (bicyclic) bond motifs is 2. The number of hydrogen-bond acceptors (Lipinski definition) is 5. The molecule has 1 fully saturated rings. The van der Waals surface area contributed by atoms with E-state index in [-0.39, 0.29) is 18.4 Å². The van der Waals surface area contributed by atoms with Crippen LogP contribution in [-0.2, 0) is 11.3 Å². The first-order valence-electron chi connectivity index (χ1n) is 16.7. The van der Waals surface area contributed by atoms with Crippen molar-refractivity contribution in [3.05, 3.63) is 95.7 Å². The molecule has 1 aliphatic carbocycles. The van der Waals surface area contributed by atoms with Crippen LogP contribution >= 0.6 is 11.3 Å². The Morgan fingerprint density at radius 2 is 1.70 bits per heavy atom. The minimum atomic E-state index is -0.128. The lowest BCUT2D eigenvalue weighted by Crippen LogP contribution is -2.28. The zero-order chi connectivity index (χ0) is 32.9. The molecule has 1 saturated carbocycles. The SMILES string of the molecule is C=CCCNC(=O)Cn1c(-c2ccc3nc(-c4sc(C)nc4C)ccc3c2)c(C2CCCCC2)c2ccc(C(=O)NCCC=C)cc21. The van der Waals surface area contributed by atoms with Crippen LogP contribution in [0.25, 0.3) is 43.6 Å². The Balaban J connectivity index is 1.51. The molecule has 5 aromatic rings. The number of carbonyl (C=O) groups excluding carboxylic acids is 2. The van der Waals surface area contributed by atoms with Gasteiger partial charge in [0, 0.05) is 29.4 Å². The Morgan fingerprint density at radius 1 is 0.936 bits per heavy atom. The Kier molecular flexibility index (Phi) is 9.97. The van der Waals surface area contributed by atoms with Gasteiger partial charge in [0.15, 0.2) is 0 Å². The lowest BCUT2D eigenvalue weighted by molar-refractivity contribution is -0.121. The maximum absolute atomic E-state index is 13.4. The van der Waals surface area contributed by atoms with Crippen molar-refractivity contribution < 1.29 is 9.59 Å². The number of pyridine rings is 1. The van der Waals surface area contributed by atoms with Gasteiger partial charge in [-0.1, -0.05) is 49.6 Å². The Bertz CT molecular complexity index is 1960. The van der Waals surface area contributed by atoms with Gasteiger partial charge in [-0.15, -0.1) is 24.5 Å². The zero-order valence-corrected chi connectivity index (χ0v) is 28.2. The first-order valence-corrected chi connectivity index (χ1v) is 17.5. The number of aromatic nitrogens is 3. The topological polar surface area (TPSA) is 88.9 Å². The molecular formula is C39H43N5O2S. The van der Waals surface area contributed by atoms with Gasteiger partial charge in [0.25, 0.3) is 5.91 Å². The van der Waals surface area contributed by atoms with Crippen molar-refractivity contribution >= 4 is 45.0 Å². The van der Waals surface area contributed by atoms with Gasteiger partial charge in [-0.2, -0.15) is 0 Å². The molecule has 0 spiro atoms. The molecule has 1 aliphatic rings. The number of nitrogens with one attached hydrogen (secondary N) is 2. The molecule has 8 heteroatoms. The second-order valence-corrected chi connectivity index (χ2v) is 13.6. The molecule has 0 unspecified atom stereocenters. The second-order valence-electron chi connectivity index (χ2n) is 12.4. The minimum absolute atomic E-state index is 0.0663. The number of thiazole rings is 1. The molecule has 0 saturated heterocycles. The van der Waals surface area contributed by atoms with Crippen LogP contribution in [0.5, 0.6) is 0 Å². The van der Waals surface area contributed by atoms with Gasteiger partial charge in [-0.3, -0.25) is 9.59 Å². The Hall–Kier alpha value is -4.56. The van der Waals surface area contributed by atoms with Crippen LogP contribution in [0, 0.1) is 13.8 Å². The standard InChI is InChI=1S/C39H43N5O2S/c1-5-7-20-40-35(45)24-44-34-23-30(39(46)41-21-8-6-2)14-17-31(34)36(27-12-10-9-11-13-27)37(44)29-16-18-32-28(22-29)15-19-33(43-32)38-25(3)42-26(4)47-38/h5-6,14-19,22-23,27H,1-2,7-13,20-21,24H2,3-4H3,(H,40,45)(H,41,46). The molecule has 2 N–H and O–H groups in total. The lowest BCUT2D eigenvalue weighted by Gasteiger charge is -2.24. The molecule has 2 aromatic carbocycles. The fourth-order valence-corrected chi connectivity index (χ4v) is 7.76. The van der Waals surface area contributed by atoms with E-state index in [1.165, 1.54) is 24.8 Å². The lowest BCUT2D eigenvalue weighted by atomic mass is 9.81. The summed E-state index contributed by atoms with van der Waals surface area (Å²) in [6.45, 7) is 12.8. The molecule has 3 aromatic heterocycles. The molecule has 3 heterocycles. The van der Waals surface area contributed by atoms with E-state index in [1.807, 2.05) is 26.0 Å². The molecule has 0 atom stereocenters. The number of rotatable bonds is 12. The largest absolute Gasteiger partial charge is 0.354 e. The summed E-state index contributed by atoms with van der Waals surface area (Å²) in [5.74, 6) is 0.173. The molecular weight excluding hydrogens is 603 g/mol. The molecule has 0 bridgehead atoms. The van der Waals surface area contributed by atoms with Gasteiger partial charge in [0.1, 0.15) is 6.54 Å². The number of benzene rings is 2. The van der Waals surface area contributed by atoms with Crippen LogP contribution in [0.15, 0.2) is 73.8 Å². The molecule has 0 aliphatic heterocycles. The summed E-state index contributed by atoms with van der Waals surface area (Å²) in [6, 6.07) is 16.6. The molecule has 2 amide bonds. The molecule has 7 nitrogen and oxygen atoms in total. The maximum atomic E-state index is 13.4. The average Bonchev–Trinajstić information content (AvgIpc) is 3.59. The first kappa shape index (κ1) is 32.4. The summed E-state index contributed by atoms with van der Waals surface area (Å²) < 4.78 is 2.13. The highest BCUT2D eigenvalue weighted by molar-refractivity contribution is 7.15. The van der Waals surface area contributed by atoms with Gasteiger partial charge < -0.3 is 15.2 Å². The van der Waals surface area contributed by atoms with Crippen LogP contribution in [0.3, 0.4) is 0 Å². The monoisotopic (exact) mass is 645 g/mol. The fourth-order valence-electron chi connectivity index (χ4n) is 6.87. The quantitative estimate of drug-likeness (QED) is 0.105. The molecule has 242 valence electrons. The summed E-state index contributed by atoms with van der Waals surface area (Å²) in [7, 11) is 0. The van der Waals surface area contributed by atoms with Gasteiger partial charge in [0.2, 0.25) is 5.91 Å². The molecule has 0 radical (unpaired) electrons. The second kappa shape index (κ2) is 14.5. The van der Waals surface area contributed by atoms with Crippen molar-refractivity contribution in [3.8, 4) is 21.8 Å². The van der Waals surface area contributed by atoms with E-state index >= 15 is 0 Å². The number of nitrogens with zero attached hydrogens (tertiary/aromatic N) is 3. The highest BCUT2D eigenvalue weighted by Gasteiger charge is 2.28. The number of aryl methyl sites for hydroxylation is 2. The highest BCUT2D eigenvalue weighted by atomic mass is 32.1. The predicted octanol–water partition coefficient (Wildman–Crippen LogP) is 8.64. The van der Waals surface area contributed by atoms with Gasteiger partial charge in [-0.25, -0.2) is 9.97 Å². The third kappa shape index (κ3) is 6.93. The van der Waals surface area contributed by atoms with Crippen molar-refractivity contribution in [1.82, 2.24) is 25.2 Å². The number of amides is 2. The zero-order valence-electron chi connectivity index (χ0n) is 27.4. The van der Waals surface area contributed by atoms with E-state index in [9.17, 15) is 9.59 Å². The third-order valence-corrected chi connectivity index (χ3v) is 10.2. The van der Waals surface area contributed by atoms with Crippen LogP contribution in [0.4, 0.5) is 0 Å². The van der Waals surface area contributed by atoms with E-state index in [4.69, 9.17) is 4.98 Å². The van der Waals surface area contributed by atoms with E-state index in [0.29, 0.717) is 37.4 Å². The van der Waals surface area contributed by atoms with Crippen molar-refractivity contribution in [3.63, 3.8) is 0 Å². The maximum Gasteiger partial charge on any atom is 0.251 e. The van der Waals surface area contributed by atoms with Gasteiger partial charge >= 0.3 is 0 Å². The summed E-state index contributed by atoms with van der Waals surface area (Å²) in [4.78, 5) is 37.3. The normalized spacial score (nSPS) is 13.6. The van der Waals surface area contributed by atoms with Crippen LogP contribution in [0.2, 0.25) is 0 Å². The van der Waals surface area contributed by atoms with E-state index in [2.05, 4.69) is 69.7 Å². The van der Waals surface area contributed by atoms with Gasteiger partial charge in [-0.05, 0) is 86.9 Å². The van der Waals surface area contributed by atoms with Crippen LogP contribution < -0.4 is 10.6 Å². The summed E-state index contributed by atoms with van der Waals surface area (Å²) in [5, 5.41) is 9.24. The Morgan fingerprint density at radius 3 is 2.43 bits per heavy atom. The number of hydrogen-bond donors (Lipinski definition) is 2. The summed E-state index contributed by atoms with van der Waals surface area (Å²) in [5.41, 5.74) is 7.70. The van der Waals surface area contributed by atoms with E-state index in [0.717, 1.165) is 67.2 Å². The summed E-state index contributed by atoms with van der Waals surface area (Å²) in [6.07, 6.45) is 10.8. The highest BCUT2D eigenvalue weighted by Crippen LogP contribution is 2.45. The number of carbonyl (C=O) groups is 2. The predicted molar refractivity (Wildman–Crippen MR) is 194 cm³/mol. The molecule has 6 rings (SSSR count). The Labute approximate surface area is 280 Å².